The Morgan fingerprint density at radius 2 is 1.48 bits per heavy atom. The fourth-order valence-corrected chi connectivity index (χ4v) is 2.24. The third-order valence-corrected chi connectivity index (χ3v) is 4.40. The topological polar surface area (TPSA) is 18.5 Å². The lowest BCUT2D eigenvalue weighted by Crippen LogP contribution is -2.09. The molecular weight excluding hydrogens is 328 g/mol. The minimum atomic E-state index is 0.515. The summed E-state index contributed by atoms with van der Waals surface area (Å²) in [6, 6.07) is 11.9. The molecule has 0 bridgehead atoms. The normalized spacial score (nSPS) is 10.2. The van der Waals surface area contributed by atoms with Crippen LogP contribution in [-0.4, -0.2) is 13.2 Å². The van der Waals surface area contributed by atoms with Gasteiger partial charge in [0.05, 0.1) is 0 Å². The van der Waals surface area contributed by atoms with E-state index in [2.05, 4.69) is 36.4 Å². The van der Waals surface area contributed by atoms with Crippen molar-refractivity contribution in [2.45, 2.75) is 13.8 Å². The number of hydrogen-bond donors (Lipinski definition) is 0. The Bertz CT molecular complexity index is 595. The maximum absolute atomic E-state index is 5.73. The zero-order valence-electron chi connectivity index (χ0n) is 12.4. The van der Waals surface area contributed by atoms with Crippen LogP contribution in [0.25, 0.3) is 6.08 Å². The number of benzene rings is 2. The largest absolute Gasteiger partial charge is 0.490 e. The van der Waals surface area contributed by atoms with Crippen LogP contribution in [0.15, 0.2) is 47.4 Å². The van der Waals surface area contributed by atoms with Gasteiger partial charge in [0.15, 0.2) is 0 Å². The number of aryl methyl sites for hydroxylation is 2. The van der Waals surface area contributed by atoms with Gasteiger partial charge in [0.1, 0.15) is 24.7 Å². The molecule has 2 aromatic rings. The Morgan fingerprint density at radius 3 is 2.00 bits per heavy atom. The maximum atomic E-state index is 5.73. The number of rotatable bonds is 6. The van der Waals surface area contributed by atoms with Crippen molar-refractivity contribution >= 4 is 22.0 Å². The molecule has 0 aliphatic carbocycles. The molecule has 21 heavy (non-hydrogen) atoms. The van der Waals surface area contributed by atoms with Gasteiger partial charge in [-0.3, -0.25) is 0 Å². The van der Waals surface area contributed by atoms with Crippen molar-refractivity contribution in [2.24, 2.45) is 0 Å². The van der Waals surface area contributed by atoms with Crippen molar-refractivity contribution in [3.05, 3.63) is 64.1 Å². The predicted molar refractivity (Wildman–Crippen MR) is 91.1 cm³/mol. The SMILES string of the molecule is C=Cc1ccc(OCCOc2cc(C)c(Br)c(C)c2)cc1. The van der Waals surface area contributed by atoms with Crippen molar-refractivity contribution in [1.82, 2.24) is 0 Å². The first-order chi connectivity index (χ1) is 10.1. The van der Waals surface area contributed by atoms with Gasteiger partial charge in [-0.2, -0.15) is 0 Å². The zero-order valence-corrected chi connectivity index (χ0v) is 13.9. The molecule has 2 aromatic carbocycles. The number of ether oxygens (including phenoxy) is 2. The highest BCUT2D eigenvalue weighted by atomic mass is 79.9. The minimum Gasteiger partial charge on any atom is -0.490 e. The van der Waals surface area contributed by atoms with E-state index in [-0.39, 0.29) is 0 Å². The summed E-state index contributed by atoms with van der Waals surface area (Å²) in [6.45, 7) is 8.87. The van der Waals surface area contributed by atoms with Gasteiger partial charge in [0, 0.05) is 4.47 Å². The highest BCUT2D eigenvalue weighted by Gasteiger charge is 2.03. The molecule has 0 saturated heterocycles. The van der Waals surface area contributed by atoms with E-state index in [1.54, 1.807) is 0 Å². The van der Waals surface area contributed by atoms with Gasteiger partial charge in [0.2, 0.25) is 0 Å². The summed E-state index contributed by atoms with van der Waals surface area (Å²) in [6.07, 6.45) is 1.81. The molecule has 0 spiro atoms. The molecule has 3 heteroatoms. The Labute approximate surface area is 134 Å². The van der Waals surface area contributed by atoms with Crippen LogP contribution in [0, 0.1) is 13.8 Å². The lowest BCUT2D eigenvalue weighted by Gasteiger charge is -2.11. The van der Waals surface area contributed by atoms with Crippen molar-refractivity contribution in [3.63, 3.8) is 0 Å². The lowest BCUT2D eigenvalue weighted by atomic mass is 10.1. The molecule has 0 fully saturated rings. The quantitative estimate of drug-likeness (QED) is 0.672. The number of hydrogen-bond acceptors (Lipinski definition) is 2. The first-order valence-electron chi connectivity index (χ1n) is 6.85. The van der Waals surface area contributed by atoms with E-state index in [4.69, 9.17) is 9.47 Å². The van der Waals surface area contributed by atoms with E-state index >= 15 is 0 Å². The van der Waals surface area contributed by atoms with Crippen LogP contribution in [0.5, 0.6) is 11.5 Å². The van der Waals surface area contributed by atoms with Crippen LogP contribution in [0.4, 0.5) is 0 Å². The first kappa shape index (κ1) is 15.6. The Balaban J connectivity index is 1.83. The Hall–Kier alpha value is -1.74. The molecule has 0 N–H and O–H groups in total. The summed E-state index contributed by atoms with van der Waals surface area (Å²) in [7, 11) is 0. The summed E-state index contributed by atoms with van der Waals surface area (Å²) in [5.41, 5.74) is 3.43. The average molecular weight is 347 g/mol. The van der Waals surface area contributed by atoms with E-state index < -0.39 is 0 Å². The van der Waals surface area contributed by atoms with Crippen molar-refractivity contribution < 1.29 is 9.47 Å². The first-order valence-corrected chi connectivity index (χ1v) is 7.64. The second kappa shape index (κ2) is 7.32. The van der Waals surface area contributed by atoms with Gasteiger partial charge < -0.3 is 9.47 Å². The fourth-order valence-electron chi connectivity index (χ4n) is 2.01. The molecule has 2 rings (SSSR count). The summed E-state index contributed by atoms with van der Waals surface area (Å²) in [4.78, 5) is 0. The van der Waals surface area contributed by atoms with E-state index in [0.29, 0.717) is 13.2 Å². The van der Waals surface area contributed by atoms with E-state index in [1.165, 1.54) is 11.1 Å². The van der Waals surface area contributed by atoms with Crippen LogP contribution >= 0.6 is 15.9 Å². The Kier molecular flexibility index (Phi) is 5.45. The van der Waals surface area contributed by atoms with Crippen molar-refractivity contribution in [1.29, 1.82) is 0 Å². The zero-order chi connectivity index (χ0) is 15.2. The van der Waals surface area contributed by atoms with Crippen LogP contribution in [0.1, 0.15) is 16.7 Å². The molecule has 0 amide bonds. The van der Waals surface area contributed by atoms with E-state index in [0.717, 1.165) is 21.5 Å². The second-order valence-electron chi connectivity index (χ2n) is 4.84. The van der Waals surface area contributed by atoms with Crippen LogP contribution < -0.4 is 9.47 Å². The molecular formula is C18H19BrO2. The highest BCUT2D eigenvalue weighted by molar-refractivity contribution is 9.10. The summed E-state index contributed by atoms with van der Waals surface area (Å²) < 4.78 is 12.5. The predicted octanol–water partition coefficient (Wildman–Crippen LogP) is 5.17. The van der Waals surface area contributed by atoms with Gasteiger partial charge >= 0.3 is 0 Å². The highest BCUT2D eigenvalue weighted by Crippen LogP contribution is 2.26. The molecule has 0 aliphatic rings. The molecule has 0 unspecified atom stereocenters. The summed E-state index contributed by atoms with van der Waals surface area (Å²) in [5.74, 6) is 1.71. The molecule has 0 aromatic heterocycles. The van der Waals surface area contributed by atoms with Gasteiger partial charge in [0.25, 0.3) is 0 Å². The van der Waals surface area contributed by atoms with Crippen LogP contribution in [-0.2, 0) is 0 Å². The average Bonchev–Trinajstić information content (AvgIpc) is 2.49. The molecule has 0 radical (unpaired) electrons. The molecule has 0 aliphatic heterocycles. The van der Waals surface area contributed by atoms with Gasteiger partial charge in [-0.05, 0) is 54.8 Å². The van der Waals surface area contributed by atoms with Crippen LogP contribution in [0.3, 0.4) is 0 Å². The van der Waals surface area contributed by atoms with Gasteiger partial charge in [-0.1, -0.05) is 40.7 Å². The third kappa shape index (κ3) is 4.36. The monoisotopic (exact) mass is 346 g/mol. The fraction of sp³-hybridized carbons (Fsp3) is 0.222. The smallest absolute Gasteiger partial charge is 0.122 e. The molecule has 110 valence electrons. The standard InChI is InChI=1S/C18H19BrO2/c1-4-15-5-7-16(8-6-15)20-9-10-21-17-11-13(2)18(19)14(3)12-17/h4-8,11-12H,1,9-10H2,2-3H3. The lowest BCUT2D eigenvalue weighted by molar-refractivity contribution is 0.217. The summed E-state index contributed by atoms with van der Waals surface area (Å²) >= 11 is 3.55. The maximum Gasteiger partial charge on any atom is 0.122 e. The van der Waals surface area contributed by atoms with E-state index in [9.17, 15) is 0 Å². The van der Waals surface area contributed by atoms with Gasteiger partial charge in [-0.15, -0.1) is 0 Å². The molecule has 0 saturated carbocycles. The third-order valence-electron chi connectivity index (χ3n) is 3.15. The van der Waals surface area contributed by atoms with Crippen molar-refractivity contribution in [3.8, 4) is 11.5 Å². The Morgan fingerprint density at radius 1 is 0.952 bits per heavy atom. The molecule has 0 heterocycles. The minimum absolute atomic E-state index is 0.515. The molecule has 2 nitrogen and oxygen atoms in total. The second-order valence-corrected chi connectivity index (χ2v) is 5.63. The van der Waals surface area contributed by atoms with E-state index in [1.807, 2.05) is 42.5 Å². The molecule has 0 atom stereocenters. The van der Waals surface area contributed by atoms with Gasteiger partial charge in [-0.25, -0.2) is 0 Å². The van der Waals surface area contributed by atoms with Crippen LogP contribution in [0.2, 0.25) is 0 Å². The van der Waals surface area contributed by atoms with Crippen molar-refractivity contribution in [2.75, 3.05) is 13.2 Å². The number of halogens is 1. The summed E-state index contributed by atoms with van der Waals surface area (Å²) in [5, 5.41) is 0.